The van der Waals surface area contributed by atoms with E-state index in [9.17, 15) is 4.79 Å². The molecule has 0 fully saturated rings. The first-order valence-corrected chi connectivity index (χ1v) is 9.50. The SMILES string of the molecule is NCC[C@H](N)CC(=O)NC(CCc1ccccc1)CCc1ccccc1. The number of carbonyl (C=O) groups is 1. The van der Waals surface area contributed by atoms with E-state index in [2.05, 4.69) is 53.8 Å². The first kappa shape index (κ1) is 20.1. The van der Waals surface area contributed by atoms with Crippen molar-refractivity contribution in [2.24, 2.45) is 11.5 Å². The smallest absolute Gasteiger partial charge is 0.221 e. The molecule has 0 saturated carbocycles. The summed E-state index contributed by atoms with van der Waals surface area (Å²) in [5.41, 5.74) is 14.1. The zero-order valence-electron chi connectivity index (χ0n) is 15.4. The van der Waals surface area contributed by atoms with Gasteiger partial charge in [-0.3, -0.25) is 4.79 Å². The molecule has 0 aromatic heterocycles. The molecule has 0 aliphatic rings. The van der Waals surface area contributed by atoms with E-state index >= 15 is 0 Å². The maximum atomic E-state index is 12.3. The van der Waals surface area contributed by atoms with Gasteiger partial charge in [0.15, 0.2) is 0 Å². The molecule has 140 valence electrons. The number of amides is 1. The Bertz CT molecular complexity index is 587. The molecule has 1 amide bonds. The molecule has 0 unspecified atom stereocenters. The van der Waals surface area contributed by atoms with Crippen LogP contribution in [0.3, 0.4) is 0 Å². The predicted octanol–water partition coefficient (Wildman–Crippen LogP) is 2.80. The quantitative estimate of drug-likeness (QED) is 0.581. The minimum atomic E-state index is -0.163. The number of rotatable bonds is 11. The highest BCUT2D eigenvalue weighted by atomic mass is 16.1. The van der Waals surface area contributed by atoms with E-state index in [-0.39, 0.29) is 18.0 Å². The normalized spacial score (nSPS) is 12.1. The van der Waals surface area contributed by atoms with Crippen molar-refractivity contribution >= 4 is 5.91 Å². The second kappa shape index (κ2) is 11.4. The molecule has 0 heterocycles. The predicted molar refractivity (Wildman–Crippen MR) is 108 cm³/mol. The molecular formula is C22H31N3O. The summed E-state index contributed by atoms with van der Waals surface area (Å²) in [5, 5.41) is 3.19. The minimum absolute atomic E-state index is 0.0251. The van der Waals surface area contributed by atoms with Gasteiger partial charge < -0.3 is 16.8 Å². The minimum Gasteiger partial charge on any atom is -0.353 e. The summed E-state index contributed by atoms with van der Waals surface area (Å²) in [4.78, 5) is 12.3. The zero-order valence-corrected chi connectivity index (χ0v) is 15.4. The van der Waals surface area contributed by atoms with Gasteiger partial charge in [0.05, 0.1) is 0 Å². The van der Waals surface area contributed by atoms with Gasteiger partial charge in [0.1, 0.15) is 0 Å². The first-order chi connectivity index (χ1) is 12.7. The van der Waals surface area contributed by atoms with Gasteiger partial charge in [-0.1, -0.05) is 60.7 Å². The van der Waals surface area contributed by atoms with E-state index in [1.807, 2.05) is 12.1 Å². The molecule has 0 aliphatic heterocycles. The number of benzene rings is 2. The molecule has 2 rings (SSSR count). The van der Waals surface area contributed by atoms with Gasteiger partial charge in [-0.15, -0.1) is 0 Å². The van der Waals surface area contributed by atoms with Crippen LogP contribution in [-0.2, 0) is 17.6 Å². The van der Waals surface area contributed by atoms with Crippen LogP contribution in [0, 0.1) is 0 Å². The molecule has 4 heteroatoms. The maximum absolute atomic E-state index is 12.3. The fourth-order valence-corrected chi connectivity index (χ4v) is 3.10. The molecule has 2 aromatic carbocycles. The van der Waals surface area contributed by atoms with E-state index in [0.717, 1.165) is 25.7 Å². The van der Waals surface area contributed by atoms with Crippen molar-refractivity contribution in [3.8, 4) is 0 Å². The molecule has 2 aromatic rings. The number of nitrogens with two attached hydrogens (primary N) is 2. The van der Waals surface area contributed by atoms with Crippen LogP contribution in [0.25, 0.3) is 0 Å². The number of hydrogen-bond donors (Lipinski definition) is 3. The fourth-order valence-electron chi connectivity index (χ4n) is 3.10. The van der Waals surface area contributed by atoms with E-state index in [1.165, 1.54) is 11.1 Å². The van der Waals surface area contributed by atoms with Gasteiger partial charge in [0, 0.05) is 18.5 Å². The Labute approximate surface area is 157 Å². The average molecular weight is 354 g/mol. The van der Waals surface area contributed by atoms with E-state index in [0.29, 0.717) is 19.4 Å². The third kappa shape index (κ3) is 7.81. The lowest BCUT2D eigenvalue weighted by atomic mass is 9.98. The van der Waals surface area contributed by atoms with Crippen LogP contribution in [0.1, 0.15) is 36.8 Å². The van der Waals surface area contributed by atoms with Gasteiger partial charge in [0.2, 0.25) is 5.91 Å². The van der Waals surface area contributed by atoms with Gasteiger partial charge in [-0.2, -0.15) is 0 Å². The molecule has 0 bridgehead atoms. The van der Waals surface area contributed by atoms with Crippen molar-refractivity contribution in [2.75, 3.05) is 6.54 Å². The highest BCUT2D eigenvalue weighted by molar-refractivity contribution is 5.76. The molecule has 26 heavy (non-hydrogen) atoms. The Morgan fingerprint density at radius 1 is 0.846 bits per heavy atom. The van der Waals surface area contributed by atoms with Crippen molar-refractivity contribution in [3.63, 3.8) is 0 Å². The lowest BCUT2D eigenvalue weighted by molar-refractivity contribution is -0.122. The Kier molecular flexibility index (Phi) is 8.87. The summed E-state index contributed by atoms with van der Waals surface area (Å²) in [7, 11) is 0. The van der Waals surface area contributed by atoms with Crippen molar-refractivity contribution < 1.29 is 4.79 Å². The molecular weight excluding hydrogens is 322 g/mol. The Morgan fingerprint density at radius 3 is 1.81 bits per heavy atom. The van der Waals surface area contributed by atoms with Crippen molar-refractivity contribution in [3.05, 3.63) is 71.8 Å². The monoisotopic (exact) mass is 353 g/mol. The van der Waals surface area contributed by atoms with Crippen molar-refractivity contribution in [1.29, 1.82) is 0 Å². The van der Waals surface area contributed by atoms with Crippen LogP contribution in [0.4, 0.5) is 0 Å². The van der Waals surface area contributed by atoms with Gasteiger partial charge >= 0.3 is 0 Å². The first-order valence-electron chi connectivity index (χ1n) is 9.50. The number of hydrogen-bond acceptors (Lipinski definition) is 3. The van der Waals surface area contributed by atoms with Crippen LogP contribution < -0.4 is 16.8 Å². The van der Waals surface area contributed by atoms with Crippen molar-refractivity contribution in [1.82, 2.24) is 5.32 Å². The maximum Gasteiger partial charge on any atom is 0.221 e. The van der Waals surface area contributed by atoms with Crippen LogP contribution in [0.15, 0.2) is 60.7 Å². The van der Waals surface area contributed by atoms with Crippen LogP contribution in [0.2, 0.25) is 0 Å². The largest absolute Gasteiger partial charge is 0.353 e. The Morgan fingerprint density at radius 2 is 1.35 bits per heavy atom. The number of carbonyl (C=O) groups excluding carboxylic acids is 1. The Balaban J connectivity index is 1.90. The lowest BCUT2D eigenvalue weighted by Crippen LogP contribution is -2.39. The average Bonchev–Trinajstić information content (AvgIpc) is 2.65. The van der Waals surface area contributed by atoms with Gasteiger partial charge in [0.25, 0.3) is 0 Å². The summed E-state index contributed by atoms with van der Waals surface area (Å²) < 4.78 is 0. The van der Waals surface area contributed by atoms with E-state index < -0.39 is 0 Å². The molecule has 0 saturated heterocycles. The van der Waals surface area contributed by atoms with Crippen molar-refractivity contribution in [2.45, 2.75) is 50.6 Å². The summed E-state index contributed by atoms with van der Waals surface area (Å²) in [6.07, 6.45) is 4.77. The van der Waals surface area contributed by atoms with Crippen LogP contribution in [-0.4, -0.2) is 24.5 Å². The third-order valence-electron chi connectivity index (χ3n) is 4.60. The number of aryl methyl sites for hydroxylation is 2. The molecule has 0 radical (unpaired) electrons. The Hall–Kier alpha value is -2.17. The summed E-state index contributed by atoms with van der Waals surface area (Å²) in [5.74, 6) is 0.0251. The topological polar surface area (TPSA) is 81.1 Å². The fraction of sp³-hybridized carbons (Fsp3) is 0.409. The summed E-state index contributed by atoms with van der Waals surface area (Å²) >= 11 is 0. The van der Waals surface area contributed by atoms with Gasteiger partial charge in [-0.05, 0) is 49.8 Å². The second-order valence-corrected chi connectivity index (χ2v) is 6.85. The highest BCUT2D eigenvalue weighted by Crippen LogP contribution is 2.12. The van der Waals surface area contributed by atoms with E-state index in [4.69, 9.17) is 11.5 Å². The molecule has 1 atom stereocenters. The molecule has 4 nitrogen and oxygen atoms in total. The lowest BCUT2D eigenvalue weighted by Gasteiger charge is -2.20. The number of nitrogens with one attached hydrogen (secondary N) is 1. The molecule has 5 N–H and O–H groups in total. The molecule has 0 spiro atoms. The zero-order chi connectivity index (χ0) is 18.6. The summed E-state index contributed by atoms with van der Waals surface area (Å²) in [6.45, 7) is 0.514. The second-order valence-electron chi connectivity index (χ2n) is 6.85. The van der Waals surface area contributed by atoms with Gasteiger partial charge in [-0.25, -0.2) is 0 Å². The third-order valence-corrected chi connectivity index (χ3v) is 4.60. The molecule has 0 aliphatic carbocycles. The summed E-state index contributed by atoms with van der Waals surface area (Å²) in [6, 6.07) is 20.8. The van der Waals surface area contributed by atoms with Crippen LogP contribution >= 0.6 is 0 Å². The highest BCUT2D eigenvalue weighted by Gasteiger charge is 2.15. The van der Waals surface area contributed by atoms with E-state index in [1.54, 1.807) is 0 Å². The standard InChI is InChI=1S/C22H31N3O/c23-16-15-20(24)17-22(26)25-21(13-11-18-7-3-1-4-8-18)14-12-19-9-5-2-6-10-19/h1-10,20-21H,11-17,23-24H2,(H,25,26)/t20-/m0/s1. The van der Waals surface area contributed by atoms with Crippen LogP contribution in [0.5, 0.6) is 0 Å².